The van der Waals surface area contributed by atoms with Crippen molar-refractivity contribution in [3.63, 3.8) is 0 Å². The summed E-state index contributed by atoms with van der Waals surface area (Å²) in [6.45, 7) is 1.54. The maximum atomic E-state index is 5.11. The first-order chi connectivity index (χ1) is 7.92. The summed E-state index contributed by atoms with van der Waals surface area (Å²) < 4.78 is 5.11. The number of tetrazole rings is 1. The fraction of sp³-hybridized carbons (Fsp3) is 0.300. The molecule has 2 heterocycles. The maximum Gasteiger partial charge on any atom is 0.204 e. The van der Waals surface area contributed by atoms with Gasteiger partial charge < -0.3 is 10.1 Å². The van der Waals surface area contributed by atoms with E-state index >= 15 is 0 Å². The molecule has 0 saturated carbocycles. The summed E-state index contributed by atoms with van der Waals surface area (Å²) in [4.78, 5) is 0. The molecule has 1 saturated heterocycles. The van der Waals surface area contributed by atoms with E-state index in [1.165, 1.54) is 0 Å². The molecule has 16 heavy (non-hydrogen) atoms. The van der Waals surface area contributed by atoms with E-state index in [-0.39, 0.29) is 0 Å². The molecule has 6 nitrogen and oxygen atoms in total. The fourth-order valence-electron chi connectivity index (χ4n) is 1.59. The number of hydrogen-bond acceptors (Lipinski definition) is 5. The standard InChI is InChI=1S/C10H11N5O/c1-2-7(10-12-14-15-13-10)4-8(3-1)11-9-5-16-6-9/h1-4,9,11H,5-6H2,(H,12,13,14,15). The van der Waals surface area contributed by atoms with Crippen molar-refractivity contribution < 1.29 is 4.74 Å². The summed E-state index contributed by atoms with van der Waals surface area (Å²) in [5.41, 5.74) is 1.99. The van der Waals surface area contributed by atoms with Crippen molar-refractivity contribution in [1.82, 2.24) is 20.6 Å². The van der Waals surface area contributed by atoms with Crippen LogP contribution in [0.2, 0.25) is 0 Å². The van der Waals surface area contributed by atoms with Crippen LogP contribution >= 0.6 is 0 Å². The third-order valence-electron chi connectivity index (χ3n) is 2.47. The second-order valence-electron chi connectivity index (χ2n) is 3.69. The number of benzene rings is 1. The molecule has 0 unspecified atom stereocenters. The first-order valence-corrected chi connectivity index (χ1v) is 5.10. The van der Waals surface area contributed by atoms with Gasteiger partial charge in [0, 0.05) is 11.3 Å². The third kappa shape index (κ3) is 1.74. The van der Waals surface area contributed by atoms with Crippen LogP contribution in [0.3, 0.4) is 0 Å². The van der Waals surface area contributed by atoms with Crippen LogP contribution in [0.1, 0.15) is 0 Å². The van der Waals surface area contributed by atoms with Crippen molar-refractivity contribution in [2.24, 2.45) is 0 Å². The third-order valence-corrected chi connectivity index (χ3v) is 2.47. The highest BCUT2D eigenvalue weighted by Crippen LogP contribution is 2.19. The molecule has 0 radical (unpaired) electrons. The first kappa shape index (κ1) is 9.29. The van der Waals surface area contributed by atoms with Crippen LogP contribution in [0, 0.1) is 0 Å². The van der Waals surface area contributed by atoms with Gasteiger partial charge in [-0.3, -0.25) is 0 Å². The topological polar surface area (TPSA) is 75.7 Å². The molecule has 1 aromatic carbocycles. The molecule has 0 spiro atoms. The van der Waals surface area contributed by atoms with Crippen LogP contribution < -0.4 is 5.32 Å². The zero-order chi connectivity index (χ0) is 10.8. The molecule has 1 aliphatic heterocycles. The molecule has 1 fully saturated rings. The minimum Gasteiger partial charge on any atom is -0.378 e. The molecule has 0 bridgehead atoms. The number of anilines is 1. The summed E-state index contributed by atoms with van der Waals surface area (Å²) >= 11 is 0. The Kier molecular flexibility index (Phi) is 2.26. The maximum absolute atomic E-state index is 5.11. The molecule has 1 aromatic heterocycles. The van der Waals surface area contributed by atoms with E-state index in [2.05, 4.69) is 25.9 Å². The predicted molar refractivity (Wildman–Crippen MR) is 57.8 cm³/mol. The first-order valence-electron chi connectivity index (χ1n) is 5.10. The summed E-state index contributed by atoms with van der Waals surface area (Å²) in [5, 5.41) is 17.2. The molecule has 0 amide bonds. The van der Waals surface area contributed by atoms with E-state index in [9.17, 15) is 0 Å². The number of H-pyrrole nitrogens is 1. The summed E-state index contributed by atoms with van der Waals surface area (Å²) in [6.07, 6.45) is 0. The summed E-state index contributed by atoms with van der Waals surface area (Å²) in [7, 11) is 0. The van der Waals surface area contributed by atoms with E-state index in [0.29, 0.717) is 11.9 Å². The van der Waals surface area contributed by atoms with Gasteiger partial charge in [0.1, 0.15) is 0 Å². The largest absolute Gasteiger partial charge is 0.378 e. The Balaban J connectivity index is 1.82. The van der Waals surface area contributed by atoms with E-state index in [4.69, 9.17) is 4.74 Å². The molecule has 0 aliphatic carbocycles. The molecule has 6 heteroatoms. The molecule has 2 aromatic rings. The van der Waals surface area contributed by atoms with Crippen LogP contribution in [0.5, 0.6) is 0 Å². The van der Waals surface area contributed by atoms with E-state index in [1.807, 2.05) is 24.3 Å². The zero-order valence-electron chi connectivity index (χ0n) is 8.55. The number of nitrogens with zero attached hydrogens (tertiary/aromatic N) is 3. The number of hydrogen-bond donors (Lipinski definition) is 2. The lowest BCUT2D eigenvalue weighted by Gasteiger charge is -2.27. The molecule has 0 atom stereocenters. The number of rotatable bonds is 3. The van der Waals surface area contributed by atoms with Gasteiger partial charge in [0.25, 0.3) is 0 Å². The molecular formula is C10H11N5O. The monoisotopic (exact) mass is 217 g/mol. The second-order valence-corrected chi connectivity index (χ2v) is 3.69. The van der Waals surface area contributed by atoms with Gasteiger partial charge in [0.15, 0.2) is 0 Å². The average molecular weight is 217 g/mol. The number of nitrogens with one attached hydrogen (secondary N) is 2. The Bertz CT molecular complexity index is 466. The predicted octanol–water partition coefficient (Wildman–Crippen LogP) is 0.677. The Morgan fingerprint density at radius 1 is 1.38 bits per heavy atom. The van der Waals surface area contributed by atoms with Gasteiger partial charge in [-0.1, -0.05) is 12.1 Å². The van der Waals surface area contributed by atoms with Crippen LogP contribution in [0.15, 0.2) is 24.3 Å². The Hall–Kier alpha value is -1.95. The summed E-state index contributed by atoms with van der Waals surface area (Å²) in [6, 6.07) is 8.35. The SMILES string of the molecule is c1cc(NC2COC2)cc(-c2nn[nH]n2)c1. The fourth-order valence-corrected chi connectivity index (χ4v) is 1.59. The number of aromatic nitrogens is 4. The second kappa shape index (κ2) is 3.90. The minimum atomic E-state index is 0.417. The van der Waals surface area contributed by atoms with Crippen molar-refractivity contribution in [2.45, 2.75) is 6.04 Å². The highest BCUT2D eigenvalue weighted by atomic mass is 16.5. The van der Waals surface area contributed by atoms with Gasteiger partial charge in [-0.25, -0.2) is 0 Å². The van der Waals surface area contributed by atoms with Gasteiger partial charge >= 0.3 is 0 Å². The Morgan fingerprint density at radius 3 is 3.00 bits per heavy atom. The van der Waals surface area contributed by atoms with Gasteiger partial charge in [-0.15, -0.1) is 10.2 Å². The van der Waals surface area contributed by atoms with Crippen molar-refractivity contribution in [3.05, 3.63) is 24.3 Å². The van der Waals surface area contributed by atoms with E-state index in [0.717, 1.165) is 24.5 Å². The normalized spacial score (nSPS) is 15.8. The average Bonchev–Trinajstić information content (AvgIpc) is 2.77. The number of ether oxygens (including phenoxy) is 1. The quantitative estimate of drug-likeness (QED) is 0.790. The van der Waals surface area contributed by atoms with Gasteiger partial charge in [-0.05, 0) is 17.3 Å². The lowest BCUT2D eigenvalue weighted by molar-refractivity contribution is 0.0211. The smallest absolute Gasteiger partial charge is 0.204 e. The van der Waals surface area contributed by atoms with Gasteiger partial charge in [0.2, 0.25) is 5.82 Å². The highest BCUT2D eigenvalue weighted by molar-refractivity contribution is 5.62. The zero-order valence-corrected chi connectivity index (χ0v) is 8.55. The van der Waals surface area contributed by atoms with Crippen molar-refractivity contribution in [3.8, 4) is 11.4 Å². The molecule has 2 N–H and O–H groups in total. The van der Waals surface area contributed by atoms with Crippen LogP contribution in [0.25, 0.3) is 11.4 Å². The van der Waals surface area contributed by atoms with Crippen LogP contribution in [0.4, 0.5) is 5.69 Å². The summed E-state index contributed by atoms with van der Waals surface area (Å²) in [5.74, 6) is 0.605. The molecule has 1 aliphatic rings. The molecule has 82 valence electrons. The lowest BCUT2D eigenvalue weighted by Crippen LogP contribution is -2.40. The molecule has 3 rings (SSSR count). The number of aromatic amines is 1. The van der Waals surface area contributed by atoms with Gasteiger partial charge in [-0.2, -0.15) is 5.21 Å². The van der Waals surface area contributed by atoms with Crippen molar-refractivity contribution in [1.29, 1.82) is 0 Å². The highest BCUT2D eigenvalue weighted by Gasteiger charge is 2.17. The van der Waals surface area contributed by atoms with E-state index < -0.39 is 0 Å². The Morgan fingerprint density at radius 2 is 2.31 bits per heavy atom. The minimum absolute atomic E-state index is 0.417. The van der Waals surface area contributed by atoms with Gasteiger partial charge in [0.05, 0.1) is 19.3 Å². The Labute approximate surface area is 92.0 Å². The lowest BCUT2D eigenvalue weighted by atomic mass is 10.1. The van der Waals surface area contributed by atoms with Crippen molar-refractivity contribution in [2.75, 3.05) is 18.5 Å². The molecular weight excluding hydrogens is 206 g/mol. The van der Waals surface area contributed by atoms with Crippen LogP contribution in [-0.4, -0.2) is 39.9 Å². The van der Waals surface area contributed by atoms with Crippen LogP contribution in [-0.2, 0) is 4.74 Å². The van der Waals surface area contributed by atoms with E-state index in [1.54, 1.807) is 0 Å². The van der Waals surface area contributed by atoms with Crippen molar-refractivity contribution >= 4 is 5.69 Å².